The first-order valence-electron chi connectivity index (χ1n) is 5.78. The van der Waals surface area contributed by atoms with E-state index in [0.29, 0.717) is 6.04 Å². The standard InChI is InChI=1S/C14H17NO/c1-11(16)12-7-9-14(10-8-12)15-13-5-3-2-4-6-13/h2-3,7-10,13,15H,4-6H2,1H3. The van der Waals surface area contributed by atoms with Gasteiger partial charge in [0, 0.05) is 17.3 Å². The SMILES string of the molecule is CC(=O)c1ccc(NC2CC=CCC2)cc1. The molecule has 0 aliphatic heterocycles. The highest BCUT2D eigenvalue weighted by Gasteiger charge is 2.09. The normalized spacial score (nSPS) is 19.4. The Morgan fingerprint density at radius 1 is 1.25 bits per heavy atom. The van der Waals surface area contributed by atoms with Crippen LogP contribution >= 0.6 is 0 Å². The van der Waals surface area contributed by atoms with E-state index in [0.717, 1.165) is 24.1 Å². The largest absolute Gasteiger partial charge is 0.382 e. The predicted octanol–water partition coefficient (Wildman–Crippen LogP) is 3.41. The second-order valence-electron chi connectivity index (χ2n) is 4.26. The molecule has 1 aliphatic carbocycles. The number of Topliss-reactive ketones (excluding diaryl/α,β-unsaturated/α-hetero) is 1. The number of benzene rings is 1. The Morgan fingerprint density at radius 3 is 2.56 bits per heavy atom. The fraction of sp³-hybridized carbons (Fsp3) is 0.357. The zero-order valence-corrected chi connectivity index (χ0v) is 9.57. The average molecular weight is 215 g/mol. The number of anilines is 1. The summed E-state index contributed by atoms with van der Waals surface area (Å²) in [6, 6.07) is 8.25. The van der Waals surface area contributed by atoms with Gasteiger partial charge in [-0.05, 0) is 50.5 Å². The lowest BCUT2D eigenvalue weighted by Crippen LogP contribution is -2.20. The van der Waals surface area contributed by atoms with Crippen LogP contribution in [-0.2, 0) is 0 Å². The molecule has 2 heteroatoms. The molecule has 1 aromatic carbocycles. The maximum absolute atomic E-state index is 11.1. The van der Waals surface area contributed by atoms with Gasteiger partial charge in [0.2, 0.25) is 0 Å². The number of nitrogens with one attached hydrogen (secondary N) is 1. The highest BCUT2D eigenvalue weighted by atomic mass is 16.1. The molecule has 0 aromatic heterocycles. The molecule has 2 nitrogen and oxygen atoms in total. The van der Waals surface area contributed by atoms with Crippen LogP contribution in [0.3, 0.4) is 0 Å². The number of carbonyl (C=O) groups is 1. The molecule has 16 heavy (non-hydrogen) atoms. The summed E-state index contributed by atoms with van der Waals surface area (Å²) in [6.07, 6.45) is 7.89. The first-order chi connectivity index (χ1) is 7.75. The van der Waals surface area contributed by atoms with Crippen molar-refractivity contribution in [2.24, 2.45) is 0 Å². The summed E-state index contributed by atoms with van der Waals surface area (Å²) in [5, 5.41) is 3.48. The molecule has 1 aromatic rings. The van der Waals surface area contributed by atoms with Crippen molar-refractivity contribution >= 4 is 11.5 Å². The van der Waals surface area contributed by atoms with Gasteiger partial charge in [0.05, 0.1) is 0 Å². The van der Waals surface area contributed by atoms with E-state index in [2.05, 4.69) is 17.5 Å². The quantitative estimate of drug-likeness (QED) is 0.618. The summed E-state index contributed by atoms with van der Waals surface area (Å²) in [6.45, 7) is 1.59. The number of hydrogen-bond donors (Lipinski definition) is 1. The molecule has 0 spiro atoms. The van der Waals surface area contributed by atoms with Gasteiger partial charge in [-0.3, -0.25) is 4.79 Å². The minimum Gasteiger partial charge on any atom is -0.382 e. The van der Waals surface area contributed by atoms with E-state index < -0.39 is 0 Å². The number of allylic oxidation sites excluding steroid dienone is 1. The van der Waals surface area contributed by atoms with Crippen LogP contribution in [0.2, 0.25) is 0 Å². The monoisotopic (exact) mass is 215 g/mol. The average Bonchev–Trinajstić information content (AvgIpc) is 2.31. The molecule has 84 valence electrons. The van der Waals surface area contributed by atoms with Gasteiger partial charge < -0.3 is 5.32 Å². The molecular weight excluding hydrogens is 198 g/mol. The molecule has 1 N–H and O–H groups in total. The third kappa shape index (κ3) is 2.72. The molecule has 0 saturated carbocycles. The van der Waals surface area contributed by atoms with Crippen LogP contribution < -0.4 is 5.32 Å². The van der Waals surface area contributed by atoms with Crippen LogP contribution in [0.1, 0.15) is 36.5 Å². The Balaban J connectivity index is 1.99. The van der Waals surface area contributed by atoms with Crippen molar-refractivity contribution in [1.29, 1.82) is 0 Å². The third-order valence-corrected chi connectivity index (χ3v) is 2.93. The zero-order valence-electron chi connectivity index (χ0n) is 9.57. The highest BCUT2D eigenvalue weighted by molar-refractivity contribution is 5.94. The van der Waals surface area contributed by atoms with E-state index in [9.17, 15) is 4.79 Å². The summed E-state index contributed by atoms with van der Waals surface area (Å²) in [5.74, 6) is 0.118. The van der Waals surface area contributed by atoms with Gasteiger partial charge in [0.15, 0.2) is 5.78 Å². The van der Waals surface area contributed by atoms with Crippen LogP contribution in [0.5, 0.6) is 0 Å². The Kier molecular flexibility index (Phi) is 3.40. The molecule has 2 rings (SSSR count). The van der Waals surface area contributed by atoms with E-state index >= 15 is 0 Å². The summed E-state index contributed by atoms with van der Waals surface area (Å²) >= 11 is 0. The van der Waals surface area contributed by atoms with Crippen LogP contribution in [-0.4, -0.2) is 11.8 Å². The molecule has 0 saturated heterocycles. The summed E-state index contributed by atoms with van der Waals surface area (Å²) in [7, 11) is 0. The van der Waals surface area contributed by atoms with Crippen molar-refractivity contribution in [3.8, 4) is 0 Å². The zero-order chi connectivity index (χ0) is 11.4. The van der Waals surface area contributed by atoms with Gasteiger partial charge in [0.1, 0.15) is 0 Å². The minimum absolute atomic E-state index is 0.118. The van der Waals surface area contributed by atoms with E-state index in [4.69, 9.17) is 0 Å². The minimum atomic E-state index is 0.118. The lowest BCUT2D eigenvalue weighted by Gasteiger charge is -2.20. The summed E-state index contributed by atoms with van der Waals surface area (Å²) in [4.78, 5) is 11.1. The molecule has 0 amide bonds. The van der Waals surface area contributed by atoms with Gasteiger partial charge in [0.25, 0.3) is 0 Å². The van der Waals surface area contributed by atoms with E-state index in [1.807, 2.05) is 24.3 Å². The summed E-state index contributed by atoms with van der Waals surface area (Å²) in [5.41, 5.74) is 1.87. The summed E-state index contributed by atoms with van der Waals surface area (Å²) < 4.78 is 0. The van der Waals surface area contributed by atoms with Crippen LogP contribution in [0, 0.1) is 0 Å². The first-order valence-corrected chi connectivity index (χ1v) is 5.78. The third-order valence-electron chi connectivity index (χ3n) is 2.93. The number of ketones is 1. The topological polar surface area (TPSA) is 29.1 Å². The second-order valence-corrected chi connectivity index (χ2v) is 4.26. The van der Waals surface area contributed by atoms with Crippen LogP contribution in [0.15, 0.2) is 36.4 Å². The van der Waals surface area contributed by atoms with Crippen molar-refractivity contribution in [3.63, 3.8) is 0 Å². The fourth-order valence-electron chi connectivity index (χ4n) is 1.96. The molecular formula is C14H17NO. The lowest BCUT2D eigenvalue weighted by atomic mass is 10.0. The van der Waals surface area contributed by atoms with E-state index in [-0.39, 0.29) is 5.78 Å². The van der Waals surface area contributed by atoms with Crippen molar-refractivity contribution < 1.29 is 4.79 Å². The van der Waals surface area contributed by atoms with Crippen molar-refractivity contribution in [2.75, 3.05) is 5.32 Å². The Morgan fingerprint density at radius 2 is 2.00 bits per heavy atom. The van der Waals surface area contributed by atoms with E-state index in [1.54, 1.807) is 6.92 Å². The van der Waals surface area contributed by atoms with Crippen LogP contribution in [0.25, 0.3) is 0 Å². The number of hydrogen-bond acceptors (Lipinski definition) is 2. The lowest BCUT2D eigenvalue weighted by molar-refractivity contribution is 0.101. The molecule has 0 bridgehead atoms. The van der Waals surface area contributed by atoms with Gasteiger partial charge in [-0.25, -0.2) is 0 Å². The fourth-order valence-corrected chi connectivity index (χ4v) is 1.96. The van der Waals surface area contributed by atoms with Crippen molar-refractivity contribution in [1.82, 2.24) is 0 Å². The predicted molar refractivity (Wildman–Crippen MR) is 66.8 cm³/mol. The van der Waals surface area contributed by atoms with E-state index in [1.165, 1.54) is 6.42 Å². The molecule has 1 atom stereocenters. The first kappa shape index (κ1) is 10.9. The smallest absolute Gasteiger partial charge is 0.159 e. The number of carbonyl (C=O) groups excluding carboxylic acids is 1. The Hall–Kier alpha value is -1.57. The molecule has 0 fully saturated rings. The van der Waals surface area contributed by atoms with Gasteiger partial charge in [-0.1, -0.05) is 12.2 Å². The maximum atomic E-state index is 11.1. The Labute approximate surface area is 96.4 Å². The highest BCUT2D eigenvalue weighted by Crippen LogP contribution is 2.17. The molecule has 0 heterocycles. The second kappa shape index (κ2) is 4.97. The van der Waals surface area contributed by atoms with Gasteiger partial charge in [-0.15, -0.1) is 0 Å². The van der Waals surface area contributed by atoms with Crippen LogP contribution in [0.4, 0.5) is 5.69 Å². The van der Waals surface area contributed by atoms with Gasteiger partial charge in [-0.2, -0.15) is 0 Å². The molecule has 0 radical (unpaired) electrons. The maximum Gasteiger partial charge on any atom is 0.159 e. The van der Waals surface area contributed by atoms with Gasteiger partial charge >= 0.3 is 0 Å². The molecule has 1 unspecified atom stereocenters. The Bertz CT molecular complexity index is 392. The van der Waals surface area contributed by atoms with Crippen molar-refractivity contribution in [2.45, 2.75) is 32.2 Å². The molecule has 1 aliphatic rings. The van der Waals surface area contributed by atoms with Crippen molar-refractivity contribution in [3.05, 3.63) is 42.0 Å². The number of rotatable bonds is 3.